The quantitative estimate of drug-likeness (QED) is 0.850. The molecule has 0 aliphatic heterocycles. The summed E-state index contributed by atoms with van der Waals surface area (Å²) >= 11 is 1.24. The number of hydrogen-bond acceptors (Lipinski definition) is 5. The van der Waals surface area contributed by atoms with Crippen molar-refractivity contribution >= 4 is 17.7 Å². The molecule has 2 N–H and O–H groups in total. The average molecular weight is 277 g/mol. The number of nitrogens with zero attached hydrogens (tertiary/aromatic N) is 4. The SMILES string of the molecule is Cc1cc(C)cc(-n2nnnc2S[C@@H](C)C(N)=O)c1. The summed E-state index contributed by atoms with van der Waals surface area (Å²) in [6.45, 7) is 5.76. The standard InChI is InChI=1S/C12H15N5OS/c1-7-4-8(2)6-10(5-7)17-12(14-15-16-17)19-9(3)11(13)18/h4-6,9H,1-3H3,(H2,13,18)/t9-/m0/s1. The number of primary amides is 1. The van der Waals surface area contributed by atoms with Gasteiger partial charge in [-0.2, -0.15) is 4.68 Å². The molecule has 1 aromatic carbocycles. The minimum atomic E-state index is -0.389. The summed E-state index contributed by atoms with van der Waals surface area (Å²) in [5.74, 6) is -0.389. The normalized spacial score (nSPS) is 12.4. The number of aryl methyl sites for hydroxylation is 2. The van der Waals surface area contributed by atoms with Crippen LogP contribution >= 0.6 is 11.8 Å². The van der Waals surface area contributed by atoms with Gasteiger partial charge in [-0.05, 0) is 54.5 Å². The highest BCUT2D eigenvalue weighted by Crippen LogP contribution is 2.23. The Balaban J connectivity index is 2.36. The van der Waals surface area contributed by atoms with Crippen LogP contribution in [-0.2, 0) is 4.79 Å². The molecule has 100 valence electrons. The largest absolute Gasteiger partial charge is 0.369 e. The van der Waals surface area contributed by atoms with Crippen molar-refractivity contribution in [3.05, 3.63) is 29.3 Å². The molecule has 1 heterocycles. The summed E-state index contributed by atoms with van der Waals surface area (Å²) in [7, 11) is 0. The first kappa shape index (κ1) is 13.5. The van der Waals surface area contributed by atoms with Gasteiger partial charge < -0.3 is 5.73 Å². The summed E-state index contributed by atoms with van der Waals surface area (Å²) in [5.41, 5.74) is 8.39. The number of carbonyl (C=O) groups is 1. The molecule has 6 nitrogen and oxygen atoms in total. The molecular formula is C12H15N5OS. The van der Waals surface area contributed by atoms with Gasteiger partial charge in [0.1, 0.15) is 0 Å². The fraction of sp³-hybridized carbons (Fsp3) is 0.333. The molecule has 1 amide bonds. The highest BCUT2D eigenvalue weighted by Gasteiger charge is 2.17. The first-order valence-electron chi connectivity index (χ1n) is 5.80. The van der Waals surface area contributed by atoms with E-state index in [9.17, 15) is 4.79 Å². The van der Waals surface area contributed by atoms with Crippen LogP contribution in [0, 0.1) is 13.8 Å². The Bertz CT molecular complexity index is 590. The van der Waals surface area contributed by atoms with Gasteiger partial charge in [-0.15, -0.1) is 5.10 Å². The van der Waals surface area contributed by atoms with Gasteiger partial charge in [0.05, 0.1) is 10.9 Å². The summed E-state index contributed by atoms with van der Waals surface area (Å²) in [4.78, 5) is 11.1. The average Bonchev–Trinajstić information content (AvgIpc) is 2.75. The monoisotopic (exact) mass is 277 g/mol. The molecule has 2 aromatic rings. The van der Waals surface area contributed by atoms with Crippen LogP contribution in [0.4, 0.5) is 0 Å². The third-order valence-electron chi connectivity index (χ3n) is 2.57. The van der Waals surface area contributed by atoms with Crippen LogP contribution in [0.1, 0.15) is 18.1 Å². The smallest absolute Gasteiger partial charge is 0.230 e. The number of amides is 1. The van der Waals surface area contributed by atoms with Crippen LogP contribution < -0.4 is 5.73 Å². The van der Waals surface area contributed by atoms with Crippen LogP contribution in [0.5, 0.6) is 0 Å². The van der Waals surface area contributed by atoms with E-state index >= 15 is 0 Å². The molecule has 7 heteroatoms. The lowest BCUT2D eigenvalue weighted by Gasteiger charge is -2.08. The summed E-state index contributed by atoms with van der Waals surface area (Å²) in [6, 6.07) is 6.05. The Morgan fingerprint density at radius 2 is 1.95 bits per heavy atom. The maximum Gasteiger partial charge on any atom is 0.230 e. The zero-order valence-electron chi connectivity index (χ0n) is 11.0. The number of thioether (sulfide) groups is 1. The molecule has 1 aromatic heterocycles. The minimum Gasteiger partial charge on any atom is -0.369 e. The molecule has 0 bridgehead atoms. The summed E-state index contributed by atoms with van der Waals surface area (Å²) in [5, 5.41) is 11.7. The number of benzene rings is 1. The molecule has 2 rings (SSSR count). The Morgan fingerprint density at radius 1 is 1.32 bits per heavy atom. The summed E-state index contributed by atoms with van der Waals surface area (Å²) in [6.07, 6.45) is 0. The first-order chi connectivity index (χ1) is 8.97. The predicted octanol–water partition coefficient (Wildman–Crippen LogP) is 1.25. The number of aromatic nitrogens is 4. The van der Waals surface area contributed by atoms with E-state index in [0.29, 0.717) is 5.16 Å². The van der Waals surface area contributed by atoms with Gasteiger partial charge in [-0.1, -0.05) is 17.8 Å². The molecule has 0 fully saturated rings. The van der Waals surface area contributed by atoms with E-state index in [2.05, 4.69) is 21.6 Å². The lowest BCUT2D eigenvalue weighted by molar-refractivity contribution is -0.117. The van der Waals surface area contributed by atoms with E-state index in [1.54, 1.807) is 11.6 Å². The third-order valence-corrected chi connectivity index (χ3v) is 3.63. The van der Waals surface area contributed by atoms with Crippen LogP contribution in [-0.4, -0.2) is 31.4 Å². The van der Waals surface area contributed by atoms with Gasteiger partial charge in [0.25, 0.3) is 0 Å². The van der Waals surface area contributed by atoms with E-state index in [1.807, 2.05) is 26.0 Å². The summed E-state index contributed by atoms with van der Waals surface area (Å²) < 4.78 is 1.62. The second-order valence-corrected chi connectivity index (χ2v) is 5.69. The lowest BCUT2D eigenvalue weighted by atomic mass is 10.1. The van der Waals surface area contributed by atoms with Gasteiger partial charge in [0.15, 0.2) is 0 Å². The molecule has 0 spiro atoms. The minimum absolute atomic E-state index is 0.379. The molecule has 1 atom stereocenters. The second kappa shape index (κ2) is 5.40. The van der Waals surface area contributed by atoms with Gasteiger partial charge in [-0.25, -0.2) is 0 Å². The zero-order valence-corrected chi connectivity index (χ0v) is 11.8. The van der Waals surface area contributed by atoms with E-state index in [0.717, 1.165) is 16.8 Å². The van der Waals surface area contributed by atoms with Gasteiger partial charge >= 0.3 is 0 Å². The Hall–Kier alpha value is -1.89. The maximum absolute atomic E-state index is 11.1. The number of rotatable bonds is 4. The highest BCUT2D eigenvalue weighted by atomic mass is 32.2. The van der Waals surface area contributed by atoms with Crippen molar-refractivity contribution in [3.63, 3.8) is 0 Å². The van der Waals surface area contributed by atoms with Crippen molar-refractivity contribution in [2.24, 2.45) is 5.73 Å². The Kier molecular flexibility index (Phi) is 3.84. The lowest BCUT2D eigenvalue weighted by Crippen LogP contribution is -2.23. The van der Waals surface area contributed by atoms with Gasteiger partial charge in [-0.3, -0.25) is 4.79 Å². The van der Waals surface area contributed by atoms with Crippen LogP contribution in [0.25, 0.3) is 5.69 Å². The molecule has 0 radical (unpaired) electrons. The van der Waals surface area contributed by atoms with Crippen molar-refractivity contribution in [2.75, 3.05) is 0 Å². The van der Waals surface area contributed by atoms with E-state index in [1.165, 1.54) is 11.8 Å². The van der Waals surface area contributed by atoms with Crippen LogP contribution in [0.15, 0.2) is 23.4 Å². The molecule has 0 aliphatic carbocycles. The van der Waals surface area contributed by atoms with Crippen molar-refractivity contribution < 1.29 is 4.79 Å². The Morgan fingerprint density at radius 3 is 2.53 bits per heavy atom. The molecule has 0 aliphatic rings. The topological polar surface area (TPSA) is 86.7 Å². The molecule has 0 saturated heterocycles. The molecule has 0 saturated carbocycles. The number of tetrazole rings is 1. The van der Waals surface area contributed by atoms with Gasteiger partial charge in [0.2, 0.25) is 11.1 Å². The van der Waals surface area contributed by atoms with Crippen molar-refractivity contribution in [2.45, 2.75) is 31.2 Å². The number of hydrogen-bond donors (Lipinski definition) is 1. The van der Waals surface area contributed by atoms with Crippen molar-refractivity contribution in [1.82, 2.24) is 20.2 Å². The van der Waals surface area contributed by atoms with E-state index in [-0.39, 0.29) is 11.2 Å². The van der Waals surface area contributed by atoms with E-state index in [4.69, 9.17) is 5.73 Å². The predicted molar refractivity (Wildman–Crippen MR) is 73.1 cm³/mol. The van der Waals surface area contributed by atoms with Crippen molar-refractivity contribution in [1.29, 1.82) is 0 Å². The highest BCUT2D eigenvalue weighted by molar-refractivity contribution is 8.00. The second-order valence-electron chi connectivity index (χ2n) is 4.38. The fourth-order valence-corrected chi connectivity index (χ4v) is 2.46. The van der Waals surface area contributed by atoms with Crippen molar-refractivity contribution in [3.8, 4) is 5.69 Å². The maximum atomic E-state index is 11.1. The van der Waals surface area contributed by atoms with E-state index < -0.39 is 0 Å². The zero-order chi connectivity index (χ0) is 14.0. The first-order valence-corrected chi connectivity index (χ1v) is 6.68. The van der Waals surface area contributed by atoms with Gasteiger partial charge in [0, 0.05) is 0 Å². The fourth-order valence-electron chi connectivity index (χ4n) is 1.70. The van der Waals surface area contributed by atoms with Crippen LogP contribution in [0.3, 0.4) is 0 Å². The number of nitrogens with two attached hydrogens (primary N) is 1. The molecule has 0 unspecified atom stereocenters. The number of carbonyl (C=O) groups excluding carboxylic acids is 1. The Labute approximate surface area is 115 Å². The third kappa shape index (κ3) is 3.11. The van der Waals surface area contributed by atoms with Crippen LogP contribution in [0.2, 0.25) is 0 Å². The molecule has 19 heavy (non-hydrogen) atoms. The molecular weight excluding hydrogens is 262 g/mol.